The molecular weight excluding hydrogens is 324 g/mol. The second-order valence-corrected chi connectivity index (χ2v) is 4.39. The van der Waals surface area contributed by atoms with Crippen molar-refractivity contribution in [3.05, 3.63) is 38.8 Å². The van der Waals surface area contributed by atoms with Crippen molar-refractivity contribution in [2.45, 2.75) is 6.92 Å². The number of hydrogen-bond donors (Lipinski definition) is 0. The van der Waals surface area contributed by atoms with Gasteiger partial charge in [0.15, 0.2) is 5.82 Å². The number of nitrogens with zero attached hydrogens (tertiary/aromatic N) is 3. The van der Waals surface area contributed by atoms with E-state index in [0.717, 1.165) is 15.0 Å². The Kier molecular flexibility index (Phi) is 3.16. The zero-order valence-corrected chi connectivity index (χ0v) is 10.8. The summed E-state index contributed by atoms with van der Waals surface area (Å²) >= 11 is 8.11. The van der Waals surface area contributed by atoms with Crippen LogP contribution >= 0.6 is 34.2 Å². The molecule has 5 heteroatoms. The van der Waals surface area contributed by atoms with Crippen LogP contribution in [0.25, 0.3) is 11.5 Å². The van der Waals surface area contributed by atoms with Crippen LogP contribution < -0.4 is 0 Å². The molecule has 0 aliphatic heterocycles. The van der Waals surface area contributed by atoms with Crippen LogP contribution in [0.2, 0.25) is 5.15 Å². The van der Waals surface area contributed by atoms with Crippen LogP contribution in [0.15, 0.2) is 24.4 Å². The average molecular weight is 332 g/mol. The summed E-state index contributed by atoms with van der Waals surface area (Å²) in [7, 11) is 0. The molecule has 76 valence electrons. The monoisotopic (exact) mass is 331 g/mol. The lowest BCUT2D eigenvalue weighted by atomic mass is 10.3. The Hall–Kier alpha value is -0.750. The van der Waals surface area contributed by atoms with Gasteiger partial charge in [0, 0.05) is 6.20 Å². The topological polar surface area (TPSA) is 38.7 Å². The van der Waals surface area contributed by atoms with Gasteiger partial charge in [-0.1, -0.05) is 17.7 Å². The van der Waals surface area contributed by atoms with Crippen molar-refractivity contribution < 1.29 is 0 Å². The summed E-state index contributed by atoms with van der Waals surface area (Å²) in [4.78, 5) is 12.7. The van der Waals surface area contributed by atoms with Crippen molar-refractivity contribution in [1.29, 1.82) is 0 Å². The van der Waals surface area contributed by atoms with Crippen molar-refractivity contribution in [2.75, 3.05) is 0 Å². The van der Waals surface area contributed by atoms with Crippen LogP contribution in [-0.2, 0) is 0 Å². The minimum absolute atomic E-state index is 0.476. The summed E-state index contributed by atoms with van der Waals surface area (Å²) in [5.74, 6) is 0.568. The molecule has 0 spiro atoms. The molecule has 0 amide bonds. The van der Waals surface area contributed by atoms with Crippen LogP contribution in [0.4, 0.5) is 0 Å². The Balaban J connectivity index is 2.56. The molecule has 2 aromatic rings. The van der Waals surface area contributed by atoms with Crippen molar-refractivity contribution >= 4 is 34.2 Å². The van der Waals surface area contributed by atoms with E-state index < -0.39 is 0 Å². The van der Waals surface area contributed by atoms with E-state index in [1.165, 1.54) is 0 Å². The zero-order valence-electron chi connectivity index (χ0n) is 7.91. The van der Waals surface area contributed by atoms with E-state index in [1.807, 2.05) is 25.1 Å². The van der Waals surface area contributed by atoms with Gasteiger partial charge in [-0.3, -0.25) is 4.98 Å². The second kappa shape index (κ2) is 4.40. The van der Waals surface area contributed by atoms with E-state index in [0.29, 0.717) is 11.0 Å². The first-order valence-corrected chi connectivity index (χ1v) is 5.75. The third-order valence-electron chi connectivity index (χ3n) is 1.87. The summed E-state index contributed by atoms with van der Waals surface area (Å²) in [5, 5.41) is 0.476. The lowest BCUT2D eigenvalue weighted by Crippen LogP contribution is -1.97. The van der Waals surface area contributed by atoms with Gasteiger partial charge >= 0.3 is 0 Å². The molecule has 0 aliphatic rings. The van der Waals surface area contributed by atoms with Gasteiger partial charge in [0.1, 0.15) is 10.8 Å². The maximum Gasteiger partial charge on any atom is 0.179 e. The fourth-order valence-electron chi connectivity index (χ4n) is 1.13. The highest BCUT2D eigenvalue weighted by Crippen LogP contribution is 2.21. The summed E-state index contributed by atoms with van der Waals surface area (Å²) < 4.78 is 0.883. The van der Waals surface area contributed by atoms with Crippen molar-refractivity contribution in [3.8, 4) is 11.5 Å². The number of halogens is 2. The minimum atomic E-state index is 0.476. The maximum absolute atomic E-state index is 5.98. The highest BCUT2D eigenvalue weighted by Gasteiger charge is 2.09. The van der Waals surface area contributed by atoms with Gasteiger partial charge in [-0.15, -0.1) is 0 Å². The largest absolute Gasteiger partial charge is 0.253 e. The smallest absolute Gasteiger partial charge is 0.179 e. The Morgan fingerprint density at radius 1 is 1.27 bits per heavy atom. The molecule has 2 heterocycles. The minimum Gasteiger partial charge on any atom is -0.253 e. The number of hydrogen-bond acceptors (Lipinski definition) is 3. The van der Waals surface area contributed by atoms with E-state index in [2.05, 4.69) is 37.5 Å². The summed E-state index contributed by atoms with van der Waals surface area (Å²) in [6.07, 6.45) is 1.71. The first kappa shape index (κ1) is 10.8. The van der Waals surface area contributed by atoms with Crippen molar-refractivity contribution in [3.63, 3.8) is 0 Å². The third kappa shape index (κ3) is 2.26. The second-order valence-electron chi connectivity index (χ2n) is 2.95. The van der Waals surface area contributed by atoms with Crippen molar-refractivity contribution in [1.82, 2.24) is 15.0 Å². The van der Waals surface area contributed by atoms with Gasteiger partial charge in [0.2, 0.25) is 0 Å². The fourth-order valence-corrected chi connectivity index (χ4v) is 1.59. The molecule has 0 saturated carbocycles. The molecule has 0 saturated heterocycles. The van der Waals surface area contributed by atoms with Gasteiger partial charge in [0.05, 0.1) is 9.26 Å². The first-order chi connectivity index (χ1) is 7.18. The van der Waals surface area contributed by atoms with E-state index in [9.17, 15) is 0 Å². The van der Waals surface area contributed by atoms with Crippen LogP contribution in [0, 0.1) is 10.5 Å². The Bertz CT molecular complexity index is 464. The van der Waals surface area contributed by atoms with E-state index in [1.54, 1.807) is 6.20 Å². The molecule has 0 radical (unpaired) electrons. The molecule has 0 aromatic carbocycles. The predicted molar refractivity (Wildman–Crippen MR) is 67.7 cm³/mol. The Labute approximate surface area is 106 Å². The quantitative estimate of drug-likeness (QED) is 0.595. The SMILES string of the molecule is Cc1nc(-c2ccccn2)nc(Cl)c1I. The molecule has 0 fully saturated rings. The molecule has 2 aromatic heterocycles. The lowest BCUT2D eigenvalue weighted by molar-refractivity contribution is 1.07. The maximum atomic E-state index is 5.98. The van der Waals surface area contributed by atoms with Crippen LogP contribution in [-0.4, -0.2) is 15.0 Å². The van der Waals surface area contributed by atoms with E-state index in [4.69, 9.17) is 11.6 Å². The van der Waals surface area contributed by atoms with Crippen LogP contribution in [0.3, 0.4) is 0 Å². The van der Waals surface area contributed by atoms with Crippen molar-refractivity contribution in [2.24, 2.45) is 0 Å². The molecule has 0 aliphatic carbocycles. The summed E-state index contributed by atoms with van der Waals surface area (Å²) in [6.45, 7) is 1.90. The number of aromatic nitrogens is 3. The average Bonchev–Trinajstić information content (AvgIpc) is 2.26. The zero-order chi connectivity index (χ0) is 10.8. The highest BCUT2D eigenvalue weighted by atomic mass is 127. The van der Waals surface area contributed by atoms with Gasteiger partial charge in [-0.05, 0) is 41.6 Å². The van der Waals surface area contributed by atoms with Gasteiger partial charge < -0.3 is 0 Å². The number of rotatable bonds is 1. The van der Waals surface area contributed by atoms with Gasteiger partial charge in [0.25, 0.3) is 0 Å². The van der Waals surface area contributed by atoms with E-state index >= 15 is 0 Å². The molecule has 0 unspecified atom stereocenters. The normalized spacial score (nSPS) is 10.3. The third-order valence-corrected chi connectivity index (χ3v) is 3.75. The molecule has 3 nitrogen and oxygen atoms in total. The Morgan fingerprint density at radius 2 is 2.07 bits per heavy atom. The first-order valence-electron chi connectivity index (χ1n) is 4.29. The fraction of sp³-hybridized carbons (Fsp3) is 0.100. The van der Waals surface area contributed by atoms with Gasteiger partial charge in [-0.2, -0.15) is 0 Å². The predicted octanol–water partition coefficient (Wildman–Crippen LogP) is 3.11. The Morgan fingerprint density at radius 3 is 2.67 bits per heavy atom. The van der Waals surface area contributed by atoms with E-state index in [-0.39, 0.29) is 0 Å². The van der Waals surface area contributed by atoms with Crippen LogP contribution in [0.5, 0.6) is 0 Å². The molecule has 15 heavy (non-hydrogen) atoms. The van der Waals surface area contributed by atoms with Gasteiger partial charge in [-0.25, -0.2) is 9.97 Å². The standard InChI is InChI=1S/C10H7ClIN3/c1-6-8(12)9(11)15-10(14-6)7-4-2-3-5-13-7/h2-5H,1H3. The lowest BCUT2D eigenvalue weighted by Gasteiger charge is -2.03. The summed E-state index contributed by atoms with van der Waals surface area (Å²) in [6, 6.07) is 5.61. The molecule has 0 atom stereocenters. The van der Waals surface area contributed by atoms with Crippen LogP contribution in [0.1, 0.15) is 5.69 Å². The number of aryl methyl sites for hydroxylation is 1. The molecule has 0 bridgehead atoms. The summed E-state index contributed by atoms with van der Waals surface area (Å²) in [5.41, 5.74) is 1.61. The number of pyridine rings is 1. The molecular formula is C10H7ClIN3. The highest BCUT2D eigenvalue weighted by molar-refractivity contribution is 14.1. The molecule has 0 N–H and O–H groups in total. The molecule has 2 rings (SSSR count).